The van der Waals surface area contributed by atoms with E-state index in [1.807, 2.05) is 23.1 Å². The number of thioether (sulfide) groups is 1. The molecule has 1 aliphatic rings. The summed E-state index contributed by atoms with van der Waals surface area (Å²) in [6.45, 7) is 0. The lowest BCUT2D eigenvalue weighted by Crippen LogP contribution is -2.16. The fraction of sp³-hybridized carbons (Fsp3) is 0.556. The molecule has 0 aliphatic heterocycles. The van der Waals surface area contributed by atoms with Crippen LogP contribution in [-0.2, 0) is 6.42 Å². The maximum absolute atomic E-state index is 6.06. The fourth-order valence-electron chi connectivity index (χ4n) is 1.78. The molecule has 0 bridgehead atoms. The lowest BCUT2D eigenvalue weighted by atomic mass is 9.92. The highest BCUT2D eigenvalue weighted by Crippen LogP contribution is 2.39. The fourth-order valence-corrected chi connectivity index (χ4v) is 3.72. The third kappa shape index (κ3) is 2.04. The van der Waals surface area contributed by atoms with E-state index in [0.717, 1.165) is 6.42 Å². The van der Waals surface area contributed by atoms with Crippen molar-refractivity contribution in [3.63, 3.8) is 0 Å². The summed E-state index contributed by atoms with van der Waals surface area (Å²) in [5, 5.41) is 2.28. The van der Waals surface area contributed by atoms with Gasteiger partial charge in [0.15, 0.2) is 0 Å². The lowest BCUT2D eigenvalue weighted by molar-refractivity contribution is 0.567. The van der Waals surface area contributed by atoms with Crippen LogP contribution in [0.5, 0.6) is 0 Å². The third-order valence-electron chi connectivity index (χ3n) is 2.39. The Kier molecular flexibility index (Phi) is 4.10. The van der Waals surface area contributed by atoms with Gasteiger partial charge in [0.05, 0.1) is 4.21 Å². The van der Waals surface area contributed by atoms with Crippen molar-refractivity contribution in [2.75, 3.05) is 6.26 Å². The number of fused-ring (bicyclic) bond motifs is 1. The number of halogens is 1. The Morgan fingerprint density at radius 2 is 2.38 bits per heavy atom. The molecule has 1 heterocycles. The Labute approximate surface area is 93.5 Å². The minimum Gasteiger partial charge on any atom is -0.324 e. The molecule has 1 aromatic heterocycles. The second kappa shape index (κ2) is 4.69. The molecule has 0 spiro atoms. The van der Waals surface area contributed by atoms with E-state index in [1.165, 1.54) is 28.2 Å². The van der Waals surface area contributed by atoms with Gasteiger partial charge in [0.25, 0.3) is 0 Å². The van der Waals surface area contributed by atoms with Gasteiger partial charge in [-0.1, -0.05) is 0 Å². The first-order valence-electron chi connectivity index (χ1n) is 4.22. The molecule has 0 radical (unpaired) electrons. The predicted octanol–water partition coefficient (Wildman–Crippen LogP) is 3.23. The van der Waals surface area contributed by atoms with E-state index < -0.39 is 0 Å². The van der Waals surface area contributed by atoms with Crippen LogP contribution in [0.3, 0.4) is 0 Å². The molecular formula is C9H14ClNS2. The van der Waals surface area contributed by atoms with Crippen LogP contribution in [0, 0.1) is 0 Å². The summed E-state index contributed by atoms with van der Waals surface area (Å²) in [7, 11) is 0. The van der Waals surface area contributed by atoms with Crippen LogP contribution in [0.4, 0.5) is 0 Å². The first-order chi connectivity index (χ1) is 5.83. The molecule has 0 aromatic carbocycles. The molecular weight excluding hydrogens is 222 g/mol. The highest BCUT2D eigenvalue weighted by atomic mass is 35.5. The van der Waals surface area contributed by atoms with E-state index in [9.17, 15) is 0 Å². The van der Waals surface area contributed by atoms with Crippen LogP contribution < -0.4 is 5.73 Å². The topological polar surface area (TPSA) is 26.0 Å². The molecule has 2 rings (SSSR count). The van der Waals surface area contributed by atoms with Gasteiger partial charge in [-0.3, -0.25) is 0 Å². The molecule has 1 aliphatic carbocycles. The highest BCUT2D eigenvalue weighted by molar-refractivity contribution is 8.00. The van der Waals surface area contributed by atoms with Crippen molar-refractivity contribution < 1.29 is 0 Å². The van der Waals surface area contributed by atoms with Gasteiger partial charge in [-0.15, -0.1) is 35.5 Å². The van der Waals surface area contributed by atoms with Gasteiger partial charge in [-0.2, -0.15) is 0 Å². The monoisotopic (exact) mass is 235 g/mol. The molecule has 0 saturated carbocycles. The van der Waals surface area contributed by atoms with Crippen LogP contribution in [0.25, 0.3) is 0 Å². The Morgan fingerprint density at radius 1 is 1.62 bits per heavy atom. The zero-order valence-corrected chi connectivity index (χ0v) is 10.0. The van der Waals surface area contributed by atoms with Gasteiger partial charge >= 0.3 is 0 Å². The average Bonchev–Trinajstić information content (AvgIpc) is 2.49. The summed E-state index contributed by atoms with van der Waals surface area (Å²) in [6.07, 6.45) is 5.80. The maximum Gasteiger partial charge on any atom is 0.0646 e. The molecule has 1 aromatic rings. The van der Waals surface area contributed by atoms with E-state index in [4.69, 9.17) is 5.73 Å². The molecule has 0 fully saturated rings. The van der Waals surface area contributed by atoms with Gasteiger partial charge in [0.2, 0.25) is 0 Å². The number of aryl methyl sites for hydroxylation is 1. The summed E-state index contributed by atoms with van der Waals surface area (Å²) in [4.78, 5) is 0. The van der Waals surface area contributed by atoms with Crippen LogP contribution in [0.15, 0.2) is 9.59 Å². The van der Waals surface area contributed by atoms with Crippen molar-refractivity contribution in [3.8, 4) is 0 Å². The van der Waals surface area contributed by atoms with Crippen LogP contribution in [0.2, 0.25) is 0 Å². The van der Waals surface area contributed by atoms with Gasteiger partial charge in [-0.05, 0) is 42.0 Å². The molecule has 1 unspecified atom stereocenters. The smallest absolute Gasteiger partial charge is 0.0646 e. The summed E-state index contributed by atoms with van der Waals surface area (Å²) in [5.74, 6) is 0. The standard InChI is InChI=1S/C9H13NS2.ClH/c1-11-9-8-6(5-12-9)3-2-4-7(8)10;/h5,7H,2-4,10H2,1H3;1H. The van der Waals surface area contributed by atoms with E-state index in [1.54, 1.807) is 0 Å². The van der Waals surface area contributed by atoms with E-state index in [2.05, 4.69) is 11.6 Å². The van der Waals surface area contributed by atoms with Crippen molar-refractivity contribution in [2.24, 2.45) is 5.73 Å². The predicted molar refractivity (Wildman–Crippen MR) is 63.2 cm³/mol. The SMILES string of the molecule is CSc1scc2c1C(N)CCC2.Cl. The van der Waals surface area contributed by atoms with Crippen LogP contribution in [0.1, 0.15) is 30.0 Å². The van der Waals surface area contributed by atoms with Crippen LogP contribution >= 0.6 is 35.5 Å². The van der Waals surface area contributed by atoms with E-state index in [0.29, 0.717) is 6.04 Å². The average molecular weight is 236 g/mol. The number of hydrogen-bond donors (Lipinski definition) is 1. The van der Waals surface area contributed by atoms with Crippen molar-refractivity contribution in [3.05, 3.63) is 16.5 Å². The van der Waals surface area contributed by atoms with Gasteiger partial charge in [0, 0.05) is 6.04 Å². The minimum absolute atomic E-state index is 0. The number of hydrogen-bond acceptors (Lipinski definition) is 3. The number of nitrogens with two attached hydrogens (primary N) is 1. The molecule has 0 saturated heterocycles. The molecule has 2 N–H and O–H groups in total. The second-order valence-corrected chi connectivity index (χ2v) is 5.12. The molecule has 74 valence electrons. The van der Waals surface area contributed by atoms with Crippen molar-refractivity contribution in [2.45, 2.75) is 29.5 Å². The Bertz CT molecular complexity index is 272. The van der Waals surface area contributed by atoms with Gasteiger partial charge in [0.1, 0.15) is 0 Å². The molecule has 1 atom stereocenters. The van der Waals surface area contributed by atoms with Gasteiger partial charge in [-0.25, -0.2) is 0 Å². The van der Waals surface area contributed by atoms with Crippen LogP contribution in [-0.4, -0.2) is 6.26 Å². The Morgan fingerprint density at radius 3 is 3.08 bits per heavy atom. The number of rotatable bonds is 1. The lowest BCUT2D eigenvalue weighted by Gasteiger charge is -2.19. The summed E-state index contributed by atoms with van der Waals surface area (Å²) < 4.78 is 1.43. The molecule has 0 amide bonds. The largest absolute Gasteiger partial charge is 0.324 e. The minimum atomic E-state index is 0. The summed E-state index contributed by atoms with van der Waals surface area (Å²) in [6, 6.07) is 0.308. The van der Waals surface area contributed by atoms with E-state index in [-0.39, 0.29) is 12.4 Å². The summed E-state index contributed by atoms with van der Waals surface area (Å²) >= 11 is 3.68. The number of thiophene rings is 1. The molecule has 13 heavy (non-hydrogen) atoms. The molecule has 4 heteroatoms. The second-order valence-electron chi connectivity index (χ2n) is 3.16. The Hall–Kier alpha value is 0.300. The Balaban J connectivity index is 0.000000845. The maximum atomic E-state index is 6.06. The normalized spacial score (nSPS) is 20.6. The van der Waals surface area contributed by atoms with Gasteiger partial charge < -0.3 is 5.73 Å². The third-order valence-corrected chi connectivity index (χ3v) is 4.61. The van der Waals surface area contributed by atoms with Crippen molar-refractivity contribution >= 4 is 35.5 Å². The molecule has 1 nitrogen and oxygen atoms in total. The highest BCUT2D eigenvalue weighted by Gasteiger charge is 2.21. The first kappa shape index (κ1) is 11.4. The summed E-state index contributed by atoms with van der Waals surface area (Å²) in [5.41, 5.74) is 9.01. The van der Waals surface area contributed by atoms with Crippen molar-refractivity contribution in [1.29, 1.82) is 0 Å². The van der Waals surface area contributed by atoms with E-state index >= 15 is 0 Å². The zero-order valence-electron chi connectivity index (χ0n) is 7.58. The van der Waals surface area contributed by atoms with Crippen molar-refractivity contribution in [1.82, 2.24) is 0 Å². The quantitative estimate of drug-likeness (QED) is 0.757. The zero-order chi connectivity index (χ0) is 8.55. The first-order valence-corrected chi connectivity index (χ1v) is 6.33.